The lowest BCUT2D eigenvalue weighted by molar-refractivity contribution is 0.468. The second-order valence-corrected chi connectivity index (χ2v) is 5.99. The summed E-state index contributed by atoms with van der Waals surface area (Å²) in [6, 6.07) is 3.45. The summed E-state index contributed by atoms with van der Waals surface area (Å²) in [4.78, 5) is 0.00537. The van der Waals surface area contributed by atoms with Gasteiger partial charge in [0.25, 0.3) is 0 Å². The van der Waals surface area contributed by atoms with Crippen molar-refractivity contribution in [1.82, 2.24) is 4.31 Å². The van der Waals surface area contributed by atoms with Crippen LogP contribution in [0, 0.1) is 17.7 Å². The first kappa shape index (κ1) is 15.6. The second-order valence-electron chi connectivity index (χ2n) is 3.97. The molecule has 0 atom stereocenters. The third-order valence-electron chi connectivity index (χ3n) is 2.49. The summed E-state index contributed by atoms with van der Waals surface area (Å²) in [5.41, 5.74) is 5.39. The Hall–Kier alpha value is -1.42. The van der Waals surface area contributed by atoms with E-state index in [1.165, 1.54) is 17.4 Å². The largest absolute Gasteiger partial charge is 0.320 e. The zero-order chi connectivity index (χ0) is 14.5. The molecule has 0 aliphatic heterocycles. The highest BCUT2D eigenvalue weighted by Gasteiger charge is 2.23. The molecule has 19 heavy (non-hydrogen) atoms. The molecule has 0 aliphatic rings. The van der Waals surface area contributed by atoms with Crippen molar-refractivity contribution >= 4 is 10.0 Å². The number of nitrogens with two attached hydrogens (primary N) is 1. The average molecular weight is 284 g/mol. The van der Waals surface area contributed by atoms with Gasteiger partial charge < -0.3 is 5.73 Å². The molecule has 0 aliphatic carbocycles. The molecule has 0 spiro atoms. The van der Waals surface area contributed by atoms with Gasteiger partial charge in [0, 0.05) is 19.2 Å². The third-order valence-corrected chi connectivity index (χ3v) is 4.41. The molecule has 1 aromatic rings. The molecule has 0 amide bonds. The molecule has 0 unspecified atom stereocenters. The van der Waals surface area contributed by atoms with Crippen LogP contribution in [0.25, 0.3) is 0 Å². The van der Waals surface area contributed by atoms with Crippen LogP contribution in [0.2, 0.25) is 0 Å². The molecule has 4 nitrogen and oxygen atoms in total. The highest BCUT2D eigenvalue weighted by atomic mass is 32.2. The van der Waals surface area contributed by atoms with Crippen molar-refractivity contribution in [3.05, 3.63) is 29.6 Å². The number of sulfonamides is 1. The van der Waals surface area contributed by atoms with Gasteiger partial charge in [-0.25, -0.2) is 17.1 Å². The molecule has 2 N–H and O–H groups in total. The van der Waals surface area contributed by atoms with Crippen molar-refractivity contribution in [2.45, 2.75) is 18.2 Å². The van der Waals surface area contributed by atoms with E-state index in [1.54, 1.807) is 0 Å². The maximum absolute atomic E-state index is 13.2. The van der Waals surface area contributed by atoms with Crippen molar-refractivity contribution in [3.8, 4) is 11.8 Å². The summed E-state index contributed by atoms with van der Waals surface area (Å²) in [7, 11) is -2.17. The topological polar surface area (TPSA) is 63.4 Å². The monoisotopic (exact) mass is 284 g/mol. The van der Waals surface area contributed by atoms with E-state index >= 15 is 0 Å². The molecule has 0 radical (unpaired) electrons. The average Bonchev–Trinajstić information content (AvgIpc) is 2.36. The van der Waals surface area contributed by atoms with Crippen molar-refractivity contribution in [3.63, 3.8) is 0 Å². The van der Waals surface area contributed by atoms with Crippen LogP contribution in [0.15, 0.2) is 23.1 Å². The number of rotatable bonds is 4. The number of hydrogen-bond acceptors (Lipinski definition) is 3. The van der Waals surface area contributed by atoms with E-state index in [4.69, 9.17) is 5.73 Å². The molecular formula is C13H17FN2O2S. The van der Waals surface area contributed by atoms with Crippen LogP contribution >= 0.6 is 0 Å². The Morgan fingerprint density at radius 1 is 1.42 bits per heavy atom. The van der Waals surface area contributed by atoms with E-state index in [0.29, 0.717) is 13.0 Å². The normalized spacial score (nSPS) is 11.2. The fourth-order valence-corrected chi connectivity index (χ4v) is 2.96. The number of nitrogens with zero attached hydrogens (tertiary/aromatic N) is 1. The Morgan fingerprint density at radius 3 is 2.68 bits per heavy atom. The standard InChI is InChI=1S/C13H17FN2O2S/c1-3-9-16(2)19(17,18)13-7-6-12(14)10-11(13)5-4-8-15/h6-7,10H,3,8-9,15H2,1-2H3. The highest BCUT2D eigenvalue weighted by Crippen LogP contribution is 2.20. The summed E-state index contributed by atoms with van der Waals surface area (Å²) in [6.45, 7) is 2.36. The Labute approximate surface area is 113 Å². The Bertz CT molecular complexity index is 603. The molecule has 0 saturated carbocycles. The van der Waals surface area contributed by atoms with E-state index in [9.17, 15) is 12.8 Å². The molecular weight excluding hydrogens is 267 g/mol. The zero-order valence-corrected chi connectivity index (χ0v) is 11.8. The summed E-state index contributed by atoms with van der Waals surface area (Å²) in [5, 5.41) is 0. The number of halogens is 1. The lowest BCUT2D eigenvalue weighted by atomic mass is 10.2. The van der Waals surface area contributed by atoms with Gasteiger partial charge in [-0.05, 0) is 24.6 Å². The van der Waals surface area contributed by atoms with E-state index in [-0.39, 0.29) is 17.0 Å². The molecule has 0 fully saturated rings. The van der Waals surface area contributed by atoms with Crippen molar-refractivity contribution in [2.75, 3.05) is 20.1 Å². The Morgan fingerprint density at radius 2 is 2.11 bits per heavy atom. The first-order chi connectivity index (χ1) is 8.93. The molecule has 0 saturated heterocycles. The van der Waals surface area contributed by atoms with Gasteiger partial charge in [0.1, 0.15) is 5.82 Å². The van der Waals surface area contributed by atoms with Crippen LogP contribution in [0.4, 0.5) is 4.39 Å². The molecule has 6 heteroatoms. The summed E-state index contributed by atoms with van der Waals surface area (Å²) in [5.74, 6) is 4.61. The summed E-state index contributed by atoms with van der Waals surface area (Å²) in [6.07, 6.45) is 0.695. The van der Waals surface area contributed by atoms with Crippen LogP contribution in [0.1, 0.15) is 18.9 Å². The molecule has 0 heterocycles. The van der Waals surface area contributed by atoms with Gasteiger partial charge in [-0.3, -0.25) is 0 Å². The fourth-order valence-electron chi connectivity index (χ4n) is 1.57. The molecule has 0 aromatic heterocycles. The van der Waals surface area contributed by atoms with Crippen molar-refractivity contribution < 1.29 is 12.8 Å². The third kappa shape index (κ3) is 3.77. The van der Waals surface area contributed by atoms with Crippen LogP contribution in [-0.4, -0.2) is 32.9 Å². The SMILES string of the molecule is CCCN(C)S(=O)(=O)c1ccc(F)cc1C#CCN. The van der Waals surface area contributed by atoms with Crippen LogP contribution in [0.3, 0.4) is 0 Å². The first-order valence-corrected chi connectivity index (χ1v) is 7.32. The minimum absolute atomic E-state index is 0.00537. The maximum atomic E-state index is 13.2. The highest BCUT2D eigenvalue weighted by molar-refractivity contribution is 7.89. The zero-order valence-electron chi connectivity index (χ0n) is 11.0. The Kier molecular flexibility index (Phi) is 5.48. The van der Waals surface area contributed by atoms with Gasteiger partial charge in [-0.1, -0.05) is 18.8 Å². The first-order valence-electron chi connectivity index (χ1n) is 5.88. The van der Waals surface area contributed by atoms with Crippen molar-refractivity contribution in [2.24, 2.45) is 5.73 Å². The van der Waals surface area contributed by atoms with Gasteiger partial charge in [0.2, 0.25) is 10.0 Å². The maximum Gasteiger partial charge on any atom is 0.244 e. The van der Waals surface area contributed by atoms with Crippen LogP contribution in [0.5, 0.6) is 0 Å². The smallest absolute Gasteiger partial charge is 0.244 e. The van der Waals surface area contributed by atoms with Gasteiger partial charge >= 0.3 is 0 Å². The quantitative estimate of drug-likeness (QED) is 0.844. The Balaban J connectivity index is 3.33. The summed E-state index contributed by atoms with van der Waals surface area (Å²) < 4.78 is 39.1. The minimum Gasteiger partial charge on any atom is -0.320 e. The minimum atomic E-state index is -3.66. The molecule has 1 aromatic carbocycles. The lowest BCUT2D eigenvalue weighted by Crippen LogP contribution is -2.28. The van der Waals surface area contributed by atoms with E-state index in [2.05, 4.69) is 11.8 Å². The van der Waals surface area contributed by atoms with E-state index in [1.807, 2.05) is 6.92 Å². The van der Waals surface area contributed by atoms with E-state index < -0.39 is 15.8 Å². The van der Waals surface area contributed by atoms with Gasteiger partial charge in [-0.2, -0.15) is 0 Å². The lowest BCUT2D eigenvalue weighted by Gasteiger charge is -2.17. The molecule has 1 rings (SSSR count). The summed E-state index contributed by atoms with van der Waals surface area (Å²) >= 11 is 0. The van der Waals surface area contributed by atoms with E-state index in [0.717, 1.165) is 12.1 Å². The predicted molar refractivity (Wildman–Crippen MR) is 72.4 cm³/mol. The predicted octanol–water partition coefficient (Wildman–Crippen LogP) is 1.17. The number of hydrogen-bond donors (Lipinski definition) is 1. The van der Waals surface area contributed by atoms with Gasteiger partial charge in [0.05, 0.1) is 11.4 Å². The fraction of sp³-hybridized carbons (Fsp3) is 0.385. The molecule has 0 bridgehead atoms. The van der Waals surface area contributed by atoms with Crippen LogP contribution in [-0.2, 0) is 10.0 Å². The van der Waals surface area contributed by atoms with Crippen molar-refractivity contribution in [1.29, 1.82) is 0 Å². The second kappa shape index (κ2) is 6.66. The van der Waals surface area contributed by atoms with Gasteiger partial charge in [-0.15, -0.1) is 0 Å². The number of benzene rings is 1. The van der Waals surface area contributed by atoms with Crippen LogP contribution < -0.4 is 5.73 Å². The molecule has 104 valence electrons. The van der Waals surface area contributed by atoms with Gasteiger partial charge in [0.15, 0.2) is 0 Å².